The predicted octanol–water partition coefficient (Wildman–Crippen LogP) is 5.45. The maximum atomic E-state index is 11.3. The van der Waals surface area contributed by atoms with Crippen molar-refractivity contribution >= 4 is 5.97 Å². The van der Waals surface area contributed by atoms with Crippen molar-refractivity contribution in [3.8, 4) is 0 Å². The van der Waals surface area contributed by atoms with E-state index in [2.05, 4.69) is 0 Å². The average Bonchev–Trinajstić information content (AvgIpc) is 2.24. The number of esters is 1. The van der Waals surface area contributed by atoms with Crippen LogP contribution in [0.5, 0.6) is 0 Å². The fourth-order valence-electron chi connectivity index (χ4n) is 1.44. The summed E-state index contributed by atoms with van der Waals surface area (Å²) in [5, 5.41) is 17.9. The first kappa shape index (κ1) is 42.9. The predicted molar refractivity (Wildman–Crippen MR) is 102 cm³/mol. The summed E-state index contributed by atoms with van der Waals surface area (Å²) >= 11 is 0. The molecule has 0 amide bonds. The third-order valence-corrected chi connectivity index (χ3v) is 2.45. The molecule has 144 valence electrons. The van der Waals surface area contributed by atoms with E-state index in [1.807, 2.05) is 6.92 Å². The quantitative estimate of drug-likeness (QED) is 0.436. The van der Waals surface area contributed by atoms with Crippen molar-refractivity contribution < 1.29 is 19.7 Å². The standard InChI is InChI=1S/C12H24O4.6CH4/c1-3-11(14)9-10(2)16-12(15)7-5-4-6-8-13;;;;;;/h10-11,13-14H,3-9H2,1-2H3;6*1H4. The topological polar surface area (TPSA) is 66.8 Å². The Morgan fingerprint density at radius 2 is 1.50 bits per heavy atom. The van der Waals surface area contributed by atoms with Gasteiger partial charge in [-0.05, 0) is 26.2 Å². The smallest absolute Gasteiger partial charge is 0.306 e. The Kier molecular flexibility index (Phi) is 55.7. The lowest BCUT2D eigenvalue weighted by Gasteiger charge is -2.16. The number of ether oxygens (including phenoxy) is 1. The van der Waals surface area contributed by atoms with Gasteiger partial charge in [0.25, 0.3) is 0 Å². The maximum absolute atomic E-state index is 11.3. The molecule has 0 aliphatic carbocycles. The molecule has 0 bridgehead atoms. The van der Waals surface area contributed by atoms with E-state index < -0.39 is 6.10 Å². The van der Waals surface area contributed by atoms with Crippen LogP contribution in [0, 0.1) is 0 Å². The second-order valence-electron chi connectivity index (χ2n) is 4.13. The zero-order valence-corrected chi connectivity index (χ0v) is 10.3. The van der Waals surface area contributed by atoms with Gasteiger partial charge in [0, 0.05) is 19.4 Å². The Labute approximate surface area is 142 Å². The summed E-state index contributed by atoms with van der Waals surface area (Å²) in [6.07, 6.45) is 3.29. The highest BCUT2D eigenvalue weighted by molar-refractivity contribution is 5.69. The molecule has 2 unspecified atom stereocenters. The SMILES string of the molecule is C.C.C.C.C.C.CCC(O)CC(C)OC(=O)CCCCCO. The van der Waals surface area contributed by atoms with E-state index in [9.17, 15) is 9.90 Å². The second-order valence-corrected chi connectivity index (χ2v) is 4.13. The molecule has 0 rings (SSSR count). The van der Waals surface area contributed by atoms with Crippen LogP contribution >= 0.6 is 0 Å². The van der Waals surface area contributed by atoms with Gasteiger partial charge < -0.3 is 14.9 Å². The number of carbonyl (C=O) groups is 1. The Morgan fingerprint density at radius 3 is 1.91 bits per heavy atom. The molecule has 0 heterocycles. The van der Waals surface area contributed by atoms with Crippen molar-refractivity contribution in [3.63, 3.8) is 0 Å². The molecule has 0 fully saturated rings. The highest BCUT2D eigenvalue weighted by Crippen LogP contribution is 2.08. The first-order chi connectivity index (χ1) is 7.60. The van der Waals surface area contributed by atoms with Gasteiger partial charge in [-0.25, -0.2) is 0 Å². The summed E-state index contributed by atoms with van der Waals surface area (Å²) in [6.45, 7) is 3.87. The number of aliphatic hydroxyl groups excluding tert-OH is 2. The normalized spacial score (nSPS) is 10.5. The van der Waals surface area contributed by atoms with Crippen LogP contribution in [0.4, 0.5) is 0 Å². The lowest BCUT2D eigenvalue weighted by atomic mass is 10.1. The van der Waals surface area contributed by atoms with E-state index in [-0.39, 0.29) is 63.2 Å². The van der Waals surface area contributed by atoms with Crippen molar-refractivity contribution in [2.75, 3.05) is 6.61 Å². The maximum Gasteiger partial charge on any atom is 0.306 e. The summed E-state index contributed by atoms with van der Waals surface area (Å²) in [5.41, 5.74) is 0. The summed E-state index contributed by atoms with van der Waals surface area (Å²) < 4.78 is 5.14. The van der Waals surface area contributed by atoms with E-state index in [0.717, 1.165) is 19.3 Å². The minimum atomic E-state index is -0.391. The van der Waals surface area contributed by atoms with Gasteiger partial charge in [-0.3, -0.25) is 4.79 Å². The van der Waals surface area contributed by atoms with E-state index in [4.69, 9.17) is 9.84 Å². The molecule has 0 saturated carbocycles. The number of aliphatic hydroxyl groups is 2. The fraction of sp³-hybridized carbons (Fsp3) is 0.944. The second kappa shape index (κ2) is 28.5. The molecule has 0 aliphatic rings. The van der Waals surface area contributed by atoms with Crippen molar-refractivity contribution in [1.29, 1.82) is 0 Å². The van der Waals surface area contributed by atoms with Gasteiger partial charge in [-0.1, -0.05) is 57.9 Å². The summed E-state index contributed by atoms with van der Waals surface area (Å²) in [5.74, 6) is -0.214. The molecule has 2 atom stereocenters. The van der Waals surface area contributed by atoms with Crippen LogP contribution in [0.25, 0.3) is 0 Å². The van der Waals surface area contributed by atoms with E-state index in [1.54, 1.807) is 6.92 Å². The zero-order valence-electron chi connectivity index (χ0n) is 10.3. The lowest BCUT2D eigenvalue weighted by Crippen LogP contribution is -2.20. The molecule has 2 N–H and O–H groups in total. The molecule has 0 aromatic carbocycles. The largest absolute Gasteiger partial charge is 0.463 e. The van der Waals surface area contributed by atoms with Crippen LogP contribution in [-0.2, 0) is 9.53 Å². The molecule has 4 nitrogen and oxygen atoms in total. The monoisotopic (exact) mass is 328 g/mol. The molecule has 0 radical (unpaired) electrons. The Morgan fingerprint density at radius 1 is 1.00 bits per heavy atom. The highest BCUT2D eigenvalue weighted by Gasteiger charge is 2.12. The Balaban J connectivity index is -0.0000000750. The van der Waals surface area contributed by atoms with Crippen LogP contribution in [0.1, 0.15) is 96.9 Å². The number of rotatable bonds is 9. The minimum Gasteiger partial charge on any atom is -0.463 e. The molecule has 0 spiro atoms. The van der Waals surface area contributed by atoms with Crippen molar-refractivity contribution in [3.05, 3.63) is 0 Å². The minimum absolute atomic E-state index is 0. The van der Waals surface area contributed by atoms with Crippen molar-refractivity contribution in [1.82, 2.24) is 0 Å². The number of hydrogen-bond acceptors (Lipinski definition) is 4. The van der Waals surface area contributed by atoms with Gasteiger partial charge in [0.2, 0.25) is 0 Å². The van der Waals surface area contributed by atoms with Gasteiger partial charge in [0.1, 0.15) is 6.10 Å². The molecule has 0 saturated heterocycles. The molecule has 0 aromatic heterocycles. The fourth-order valence-corrected chi connectivity index (χ4v) is 1.44. The summed E-state index contributed by atoms with van der Waals surface area (Å²) in [6, 6.07) is 0. The van der Waals surface area contributed by atoms with Gasteiger partial charge in [0.05, 0.1) is 6.10 Å². The summed E-state index contributed by atoms with van der Waals surface area (Å²) in [7, 11) is 0. The molecule has 0 aliphatic heterocycles. The molecule has 22 heavy (non-hydrogen) atoms. The third-order valence-electron chi connectivity index (χ3n) is 2.45. The number of unbranched alkanes of at least 4 members (excludes halogenated alkanes) is 2. The lowest BCUT2D eigenvalue weighted by molar-refractivity contribution is -0.149. The molecular weight excluding hydrogens is 280 g/mol. The Bertz CT molecular complexity index is 184. The van der Waals surface area contributed by atoms with Crippen LogP contribution in [0.2, 0.25) is 0 Å². The molecule has 0 aromatic rings. The number of hydrogen-bond donors (Lipinski definition) is 2. The Hall–Kier alpha value is -0.610. The van der Waals surface area contributed by atoms with Crippen molar-refractivity contribution in [2.24, 2.45) is 0 Å². The molecule has 4 heteroatoms. The summed E-state index contributed by atoms with van der Waals surface area (Å²) in [4.78, 5) is 11.3. The van der Waals surface area contributed by atoms with Crippen LogP contribution in [-0.4, -0.2) is 35.0 Å². The zero-order chi connectivity index (χ0) is 12.4. The van der Waals surface area contributed by atoms with Crippen LogP contribution in [0.15, 0.2) is 0 Å². The first-order valence-corrected chi connectivity index (χ1v) is 6.08. The van der Waals surface area contributed by atoms with E-state index in [1.165, 1.54) is 0 Å². The van der Waals surface area contributed by atoms with Crippen LogP contribution < -0.4 is 0 Å². The van der Waals surface area contributed by atoms with Gasteiger partial charge >= 0.3 is 5.97 Å². The highest BCUT2D eigenvalue weighted by atomic mass is 16.5. The van der Waals surface area contributed by atoms with Gasteiger partial charge in [-0.2, -0.15) is 0 Å². The van der Waals surface area contributed by atoms with Gasteiger partial charge in [-0.15, -0.1) is 0 Å². The van der Waals surface area contributed by atoms with Crippen LogP contribution in [0.3, 0.4) is 0 Å². The number of carbonyl (C=O) groups excluding carboxylic acids is 1. The van der Waals surface area contributed by atoms with E-state index >= 15 is 0 Å². The van der Waals surface area contributed by atoms with Gasteiger partial charge in [0.15, 0.2) is 0 Å². The average molecular weight is 329 g/mol. The molecular formula is C18H48O4. The van der Waals surface area contributed by atoms with E-state index in [0.29, 0.717) is 19.3 Å². The first-order valence-electron chi connectivity index (χ1n) is 6.08. The third kappa shape index (κ3) is 27.7. The van der Waals surface area contributed by atoms with Crippen molar-refractivity contribution in [2.45, 2.75) is 109 Å².